The fourth-order valence-corrected chi connectivity index (χ4v) is 4.88. The number of carbonyl (C=O) groups excluding carboxylic acids is 1. The van der Waals surface area contributed by atoms with Gasteiger partial charge in [-0.1, -0.05) is 23.8 Å². The Balaban J connectivity index is 2.26. The van der Waals surface area contributed by atoms with E-state index in [0.717, 1.165) is 18.1 Å². The highest BCUT2D eigenvalue weighted by molar-refractivity contribution is 7.86. The van der Waals surface area contributed by atoms with Crippen LogP contribution in [0.1, 0.15) is 13.8 Å². The summed E-state index contributed by atoms with van der Waals surface area (Å²) in [6.07, 6.45) is 3.68. The zero-order valence-electron chi connectivity index (χ0n) is 25.3. The summed E-state index contributed by atoms with van der Waals surface area (Å²) in [5, 5.41) is 0. The normalized spacial score (nSPS) is 11.2. The third-order valence-corrected chi connectivity index (χ3v) is 6.77. The van der Waals surface area contributed by atoms with Crippen molar-refractivity contribution in [3.05, 3.63) is 60.2 Å². The Morgan fingerprint density at radius 1 is 0.727 bits per heavy atom. The first kappa shape index (κ1) is 34.1. The molecule has 0 atom stereocenters. The van der Waals surface area contributed by atoms with Crippen molar-refractivity contribution in [3.63, 3.8) is 0 Å². The lowest BCUT2D eigenvalue weighted by molar-refractivity contribution is -0.142. The van der Waals surface area contributed by atoms with Crippen LogP contribution in [-0.4, -0.2) is 69.9 Å². The summed E-state index contributed by atoms with van der Waals surface area (Å²) in [6, 6.07) is 12.4. The second-order valence-corrected chi connectivity index (χ2v) is 12.7. The molecule has 0 N–H and O–H groups in total. The second-order valence-electron chi connectivity index (χ2n) is 9.58. The van der Waals surface area contributed by atoms with Gasteiger partial charge in [-0.05, 0) is 61.4 Å². The van der Waals surface area contributed by atoms with E-state index in [9.17, 15) is 21.6 Å². The first-order chi connectivity index (χ1) is 20.7. The SMILES string of the molecule is COC(=O)COc1cc(-c2c(OC)cc(-c3ccc(OS(C)(=O)=O)cc3)c(OC)c2OS(C)(=O)=O)ccc1OCC=C(C)C. The number of ether oxygens (including phenoxy) is 5. The van der Waals surface area contributed by atoms with Crippen molar-refractivity contribution in [3.8, 4) is 56.8 Å². The van der Waals surface area contributed by atoms with Crippen molar-refractivity contribution in [1.82, 2.24) is 0 Å². The minimum absolute atomic E-state index is 0.0453. The molecule has 0 fully saturated rings. The van der Waals surface area contributed by atoms with Gasteiger partial charge in [-0.15, -0.1) is 0 Å². The lowest BCUT2D eigenvalue weighted by Gasteiger charge is -2.21. The van der Waals surface area contributed by atoms with Gasteiger partial charge in [-0.3, -0.25) is 0 Å². The van der Waals surface area contributed by atoms with Gasteiger partial charge in [0.2, 0.25) is 0 Å². The summed E-state index contributed by atoms with van der Waals surface area (Å²) in [7, 11) is -3.88. The molecule has 0 saturated heterocycles. The Kier molecular flexibility index (Phi) is 11.1. The van der Waals surface area contributed by atoms with Gasteiger partial charge in [0, 0.05) is 5.56 Å². The summed E-state index contributed by atoms with van der Waals surface area (Å²) in [5.41, 5.74) is 2.51. The highest BCUT2D eigenvalue weighted by Gasteiger charge is 2.27. The van der Waals surface area contributed by atoms with E-state index >= 15 is 0 Å². The first-order valence-corrected chi connectivity index (χ1v) is 16.6. The lowest BCUT2D eigenvalue weighted by atomic mass is 9.96. The van der Waals surface area contributed by atoms with Crippen LogP contribution >= 0.6 is 0 Å². The topological polar surface area (TPSA) is 150 Å². The molecule has 14 heteroatoms. The van der Waals surface area contributed by atoms with Gasteiger partial charge < -0.3 is 32.1 Å². The third kappa shape index (κ3) is 9.28. The molecule has 0 aliphatic heterocycles. The molecule has 3 aromatic rings. The maximum Gasteiger partial charge on any atom is 0.343 e. The van der Waals surface area contributed by atoms with E-state index in [4.69, 9.17) is 32.1 Å². The van der Waals surface area contributed by atoms with E-state index < -0.39 is 32.8 Å². The van der Waals surface area contributed by atoms with E-state index in [2.05, 4.69) is 0 Å². The van der Waals surface area contributed by atoms with Crippen LogP contribution in [0.4, 0.5) is 0 Å². The molecule has 0 amide bonds. The van der Waals surface area contributed by atoms with Crippen molar-refractivity contribution in [1.29, 1.82) is 0 Å². The fraction of sp³-hybridized carbons (Fsp3) is 0.300. The number of methoxy groups -OCH3 is 3. The third-order valence-electron chi connectivity index (χ3n) is 5.81. The second kappa shape index (κ2) is 14.4. The Morgan fingerprint density at radius 3 is 1.91 bits per heavy atom. The van der Waals surface area contributed by atoms with Crippen molar-refractivity contribution < 1.29 is 53.7 Å². The molecule has 3 aromatic carbocycles. The fourth-order valence-electron chi connectivity index (χ4n) is 3.95. The predicted molar refractivity (Wildman–Crippen MR) is 164 cm³/mol. The van der Waals surface area contributed by atoms with Crippen molar-refractivity contribution in [2.75, 3.05) is 47.1 Å². The molecule has 238 valence electrons. The molecule has 0 spiro atoms. The smallest absolute Gasteiger partial charge is 0.343 e. The van der Waals surface area contributed by atoms with Gasteiger partial charge in [0.05, 0.1) is 39.4 Å². The van der Waals surface area contributed by atoms with Gasteiger partial charge in [0.25, 0.3) is 0 Å². The molecule has 0 radical (unpaired) electrons. The van der Waals surface area contributed by atoms with Gasteiger partial charge in [0.15, 0.2) is 29.6 Å². The predicted octanol–water partition coefficient (Wildman–Crippen LogP) is 4.61. The average Bonchev–Trinajstić information content (AvgIpc) is 2.94. The quantitative estimate of drug-likeness (QED) is 0.136. The minimum Gasteiger partial charge on any atom is -0.496 e. The molecule has 0 unspecified atom stereocenters. The molecule has 0 aliphatic rings. The standard InChI is InChI=1S/C30H34O12S2/c1-19(2)14-15-39-24-13-10-21(16-25(24)40-18-27(31)37-4)28-26(36-3)17-23(29(38-5)30(28)42-44(7,34)35)20-8-11-22(12-9-20)41-43(6,32)33/h8-14,16-17H,15,18H2,1-7H3. The van der Waals surface area contributed by atoms with E-state index in [1.54, 1.807) is 36.4 Å². The molecule has 0 aliphatic carbocycles. The Bertz CT molecular complexity index is 1740. The van der Waals surface area contributed by atoms with Crippen LogP contribution in [0.5, 0.6) is 34.5 Å². The maximum absolute atomic E-state index is 12.5. The van der Waals surface area contributed by atoms with E-state index in [1.165, 1.54) is 33.5 Å². The maximum atomic E-state index is 12.5. The zero-order valence-corrected chi connectivity index (χ0v) is 27.0. The number of rotatable bonds is 14. The Labute approximate surface area is 257 Å². The number of esters is 1. The minimum atomic E-state index is -4.10. The summed E-state index contributed by atoms with van der Waals surface area (Å²) in [5.74, 6) is 0.0163. The summed E-state index contributed by atoms with van der Waals surface area (Å²) in [4.78, 5) is 11.9. The Morgan fingerprint density at radius 2 is 1.36 bits per heavy atom. The molecule has 12 nitrogen and oxygen atoms in total. The van der Waals surface area contributed by atoms with E-state index in [0.29, 0.717) is 22.4 Å². The van der Waals surface area contributed by atoms with Crippen molar-refractivity contribution in [2.24, 2.45) is 0 Å². The number of benzene rings is 3. The highest BCUT2D eigenvalue weighted by Crippen LogP contribution is 2.51. The van der Waals surface area contributed by atoms with Gasteiger partial charge in [-0.25, -0.2) is 4.79 Å². The largest absolute Gasteiger partial charge is 0.496 e. The molecule has 0 heterocycles. The highest BCUT2D eigenvalue weighted by atomic mass is 32.2. The van der Waals surface area contributed by atoms with E-state index in [-0.39, 0.29) is 40.9 Å². The molecule has 3 rings (SSSR count). The van der Waals surface area contributed by atoms with Gasteiger partial charge >= 0.3 is 26.2 Å². The number of hydrogen-bond donors (Lipinski definition) is 0. The van der Waals surface area contributed by atoms with Crippen LogP contribution in [0.3, 0.4) is 0 Å². The summed E-state index contributed by atoms with van der Waals surface area (Å²) < 4.78 is 86.1. The van der Waals surface area contributed by atoms with Crippen LogP contribution < -0.4 is 27.3 Å². The molecular formula is C30H34O12S2. The number of allylic oxidation sites excluding steroid dienone is 1. The first-order valence-electron chi connectivity index (χ1n) is 12.9. The monoisotopic (exact) mass is 650 g/mol. The zero-order chi connectivity index (χ0) is 32.7. The number of carbonyl (C=O) groups is 1. The molecule has 0 bridgehead atoms. The van der Waals surface area contributed by atoms with Gasteiger partial charge in [0.1, 0.15) is 18.1 Å². The van der Waals surface area contributed by atoms with Crippen molar-refractivity contribution in [2.45, 2.75) is 13.8 Å². The molecule has 0 saturated carbocycles. The van der Waals surface area contributed by atoms with Crippen molar-refractivity contribution >= 4 is 26.2 Å². The molecular weight excluding hydrogens is 616 g/mol. The summed E-state index contributed by atoms with van der Waals surface area (Å²) >= 11 is 0. The average molecular weight is 651 g/mol. The van der Waals surface area contributed by atoms with Crippen LogP contribution in [0, 0.1) is 0 Å². The van der Waals surface area contributed by atoms with Gasteiger partial charge in [-0.2, -0.15) is 16.8 Å². The van der Waals surface area contributed by atoms with Crippen LogP contribution in [0.25, 0.3) is 22.3 Å². The Hall–Kier alpha value is -4.43. The van der Waals surface area contributed by atoms with E-state index in [1.807, 2.05) is 19.9 Å². The summed E-state index contributed by atoms with van der Waals surface area (Å²) in [6.45, 7) is 3.67. The van der Waals surface area contributed by atoms with Crippen LogP contribution in [-0.2, 0) is 29.8 Å². The molecule has 0 aromatic heterocycles. The number of hydrogen-bond acceptors (Lipinski definition) is 12. The molecule has 44 heavy (non-hydrogen) atoms. The lowest BCUT2D eigenvalue weighted by Crippen LogP contribution is -2.13. The van der Waals surface area contributed by atoms with Crippen LogP contribution in [0.2, 0.25) is 0 Å². The van der Waals surface area contributed by atoms with Crippen LogP contribution in [0.15, 0.2) is 60.2 Å².